The zero-order chi connectivity index (χ0) is 23.2. The van der Waals surface area contributed by atoms with Crippen molar-refractivity contribution in [1.82, 2.24) is 10.2 Å². The molecule has 1 heterocycles. The Morgan fingerprint density at radius 3 is 2.67 bits per heavy atom. The van der Waals surface area contributed by atoms with E-state index >= 15 is 0 Å². The fraction of sp³-hybridized carbons (Fsp3) is 0.462. The number of benzene rings is 2. The van der Waals surface area contributed by atoms with Crippen LogP contribution in [0.4, 0.5) is 0 Å². The molecule has 1 fully saturated rings. The standard InChI is InChI=1S/C26H32N2O5/c1-18(26(30)27-21-7-3-4-8-21)28(16-20-6-5-9-22(14-20)31-2)25(29)13-11-19-10-12-23-24(15-19)33-17-32-23/h5-6,9-10,12,14-15,18,21H,3-4,7-8,11,13,16-17H2,1-2H3,(H,27,30)/t18-/m1/s1. The normalized spacial score (nSPS) is 15.8. The smallest absolute Gasteiger partial charge is 0.242 e. The fourth-order valence-corrected chi connectivity index (χ4v) is 4.43. The van der Waals surface area contributed by atoms with Crippen LogP contribution in [0.25, 0.3) is 0 Å². The van der Waals surface area contributed by atoms with E-state index in [9.17, 15) is 9.59 Å². The van der Waals surface area contributed by atoms with Crippen molar-refractivity contribution >= 4 is 11.8 Å². The molecule has 2 aromatic rings. The molecule has 0 unspecified atom stereocenters. The predicted molar refractivity (Wildman–Crippen MR) is 124 cm³/mol. The van der Waals surface area contributed by atoms with Crippen molar-refractivity contribution in [3.63, 3.8) is 0 Å². The monoisotopic (exact) mass is 452 g/mol. The van der Waals surface area contributed by atoms with Gasteiger partial charge in [-0.1, -0.05) is 31.0 Å². The average Bonchev–Trinajstić information content (AvgIpc) is 3.52. The summed E-state index contributed by atoms with van der Waals surface area (Å²) in [6.07, 6.45) is 5.15. The van der Waals surface area contributed by atoms with E-state index in [0.717, 1.165) is 48.3 Å². The molecule has 1 aliphatic carbocycles. The summed E-state index contributed by atoms with van der Waals surface area (Å²) in [5.41, 5.74) is 1.92. The van der Waals surface area contributed by atoms with Gasteiger partial charge in [-0.25, -0.2) is 0 Å². The molecule has 1 N–H and O–H groups in total. The lowest BCUT2D eigenvalue weighted by atomic mass is 10.1. The number of methoxy groups -OCH3 is 1. The first-order chi connectivity index (χ1) is 16.0. The molecular weight excluding hydrogens is 420 g/mol. The van der Waals surface area contributed by atoms with Crippen molar-refractivity contribution < 1.29 is 23.8 Å². The summed E-state index contributed by atoms with van der Waals surface area (Å²) in [4.78, 5) is 28.0. The molecule has 4 rings (SSSR count). The van der Waals surface area contributed by atoms with Gasteiger partial charge in [-0.2, -0.15) is 0 Å². The second-order valence-corrected chi connectivity index (χ2v) is 8.73. The van der Waals surface area contributed by atoms with Crippen LogP contribution < -0.4 is 19.5 Å². The Kier molecular flexibility index (Phi) is 7.37. The van der Waals surface area contributed by atoms with E-state index in [1.807, 2.05) is 49.4 Å². The molecule has 2 aromatic carbocycles. The number of ether oxygens (including phenoxy) is 3. The van der Waals surface area contributed by atoms with Crippen molar-refractivity contribution in [2.75, 3.05) is 13.9 Å². The minimum Gasteiger partial charge on any atom is -0.497 e. The summed E-state index contributed by atoms with van der Waals surface area (Å²) in [6.45, 7) is 2.37. The van der Waals surface area contributed by atoms with Gasteiger partial charge in [0, 0.05) is 19.0 Å². The SMILES string of the molecule is COc1cccc(CN(C(=O)CCc2ccc3c(c2)OCO3)[C@H](C)C(=O)NC2CCCC2)c1. The van der Waals surface area contributed by atoms with E-state index < -0.39 is 6.04 Å². The van der Waals surface area contributed by atoms with Gasteiger partial charge in [0.1, 0.15) is 11.8 Å². The topological polar surface area (TPSA) is 77.1 Å². The fourth-order valence-electron chi connectivity index (χ4n) is 4.43. The highest BCUT2D eigenvalue weighted by Gasteiger charge is 2.28. The molecule has 1 atom stereocenters. The van der Waals surface area contributed by atoms with Gasteiger partial charge in [0.05, 0.1) is 7.11 Å². The molecule has 7 nitrogen and oxygen atoms in total. The van der Waals surface area contributed by atoms with Crippen LogP contribution in [0.1, 0.15) is 50.2 Å². The van der Waals surface area contributed by atoms with Crippen LogP contribution in [-0.2, 0) is 22.6 Å². The Hall–Kier alpha value is -3.22. The van der Waals surface area contributed by atoms with Gasteiger partial charge in [-0.05, 0) is 61.6 Å². The quantitative estimate of drug-likeness (QED) is 0.626. The zero-order valence-corrected chi connectivity index (χ0v) is 19.3. The number of fused-ring (bicyclic) bond motifs is 1. The number of amides is 2. The highest BCUT2D eigenvalue weighted by molar-refractivity contribution is 5.87. The third-order valence-electron chi connectivity index (χ3n) is 6.42. The third kappa shape index (κ3) is 5.78. The maximum atomic E-state index is 13.4. The summed E-state index contributed by atoms with van der Waals surface area (Å²) in [6, 6.07) is 13.0. The zero-order valence-electron chi connectivity index (χ0n) is 19.3. The van der Waals surface area contributed by atoms with Crippen LogP contribution in [0.2, 0.25) is 0 Å². The van der Waals surface area contributed by atoms with E-state index in [-0.39, 0.29) is 24.6 Å². The van der Waals surface area contributed by atoms with Crippen molar-refractivity contribution in [2.45, 2.75) is 64.1 Å². The predicted octanol–water partition coefficient (Wildman–Crippen LogP) is 3.83. The Morgan fingerprint density at radius 1 is 1.09 bits per heavy atom. The van der Waals surface area contributed by atoms with Crippen molar-refractivity contribution in [2.24, 2.45) is 0 Å². The lowest BCUT2D eigenvalue weighted by Gasteiger charge is -2.30. The molecule has 0 spiro atoms. The molecule has 2 amide bonds. The maximum Gasteiger partial charge on any atom is 0.242 e. The molecular formula is C26H32N2O5. The second-order valence-electron chi connectivity index (χ2n) is 8.73. The Morgan fingerprint density at radius 2 is 1.88 bits per heavy atom. The number of carbonyl (C=O) groups excluding carboxylic acids is 2. The Balaban J connectivity index is 1.46. The maximum absolute atomic E-state index is 13.4. The molecule has 0 radical (unpaired) electrons. The van der Waals surface area contributed by atoms with E-state index in [1.54, 1.807) is 12.0 Å². The Labute approximate surface area is 195 Å². The highest BCUT2D eigenvalue weighted by atomic mass is 16.7. The minimum absolute atomic E-state index is 0.0652. The molecule has 0 aromatic heterocycles. The van der Waals surface area contributed by atoms with E-state index in [4.69, 9.17) is 14.2 Å². The van der Waals surface area contributed by atoms with Gasteiger partial charge in [0.15, 0.2) is 11.5 Å². The molecule has 0 bridgehead atoms. The van der Waals surface area contributed by atoms with E-state index in [1.165, 1.54) is 0 Å². The summed E-state index contributed by atoms with van der Waals surface area (Å²) >= 11 is 0. The van der Waals surface area contributed by atoms with Crippen LogP contribution in [0.5, 0.6) is 17.2 Å². The molecule has 1 aliphatic heterocycles. The minimum atomic E-state index is -0.568. The number of nitrogens with one attached hydrogen (secondary N) is 1. The number of carbonyl (C=O) groups is 2. The number of aryl methyl sites for hydroxylation is 1. The largest absolute Gasteiger partial charge is 0.497 e. The first-order valence-corrected chi connectivity index (χ1v) is 11.6. The van der Waals surface area contributed by atoms with Crippen molar-refractivity contribution in [1.29, 1.82) is 0 Å². The molecule has 2 aliphatic rings. The number of hydrogen-bond acceptors (Lipinski definition) is 5. The summed E-state index contributed by atoms with van der Waals surface area (Å²) < 4.78 is 16.1. The third-order valence-corrected chi connectivity index (χ3v) is 6.42. The lowest BCUT2D eigenvalue weighted by molar-refractivity contribution is -0.140. The Bertz CT molecular complexity index is 986. The van der Waals surface area contributed by atoms with Gasteiger partial charge >= 0.3 is 0 Å². The number of rotatable bonds is 9. The van der Waals surface area contributed by atoms with Crippen LogP contribution in [0.3, 0.4) is 0 Å². The molecule has 33 heavy (non-hydrogen) atoms. The lowest BCUT2D eigenvalue weighted by Crippen LogP contribution is -2.49. The highest BCUT2D eigenvalue weighted by Crippen LogP contribution is 2.33. The second kappa shape index (κ2) is 10.6. The first kappa shape index (κ1) is 23.0. The van der Waals surface area contributed by atoms with Crippen LogP contribution in [0.15, 0.2) is 42.5 Å². The van der Waals surface area contributed by atoms with Gasteiger partial charge in [0.2, 0.25) is 18.6 Å². The summed E-state index contributed by atoms with van der Waals surface area (Å²) in [5, 5.41) is 3.14. The molecule has 7 heteroatoms. The number of hydrogen-bond donors (Lipinski definition) is 1. The van der Waals surface area contributed by atoms with E-state index in [2.05, 4.69) is 5.32 Å². The van der Waals surface area contributed by atoms with E-state index in [0.29, 0.717) is 25.1 Å². The van der Waals surface area contributed by atoms with Crippen molar-refractivity contribution in [3.05, 3.63) is 53.6 Å². The van der Waals surface area contributed by atoms with Crippen LogP contribution >= 0.6 is 0 Å². The molecule has 176 valence electrons. The average molecular weight is 453 g/mol. The van der Waals surface area contributed by atoms with Crippen molar-refractivity contribution in [3.8, 4) is 17.2 Å². The summed E-state index contributed by atoms with van der Waals surface area (Å²) in [5.74, 6) is 1.99. The van der Waals surface area contributed by atoms with Crippen LogP contribution in [-0.4, -0.2) is 42.7 Å². The first-order valence-electron chi connectivity index (χ1n) is 11.6. The summed E-state index contributed by atoms with van der Waals surface area (Å²) in [7, 11) is 1.62. The van der Waals surface area contributed by atoms with Gasteiger partial charge < -0.3 is 24.4 Å². The number of nitrogens with zero attached hydrogens (tertiary/aromatic N) is 1. The van der Waals surface area contributed by atoms with Gasteiger partial charge in [-0.3, -0.25) is 9.59 Å². The van der Waals surface area contributed by atoms with Gasteiger partial charge in [-0.15, -0.1) is 0 Å². The van der Waals surface area contributed by atoms with Crippen LogP contribution in [0, 0.1) is 0 Å². The molecule has 1 saturated carbocycles. The molecule has 0 saturated heterocycles. The van der Waals surface area contributed by atoms with Gasteiger partial charge in [0.25, 0.3) is 0 Å².